The number of hydrogen-bond donors (Lipinski definition) is 1. The van der Waals surface area contributed by atoms with Crippen molar-refractivity contribution in [3.05, 3.63) is 35.4 Å². The largest absolute Gasteiger partial charge is 0.406 e. The monoisotopic (exact) mass is 273 g/mol. The van der Waals surface area contributed by atoms with Crippen molar-refractivity contribution in [2.24, 2.45) is 0 Å². The van der Waals surface area contributed by atoms with Crippen LogP contribution >= 0.6 is 0 Å². The number of nitrogens with zero attached hydrogens (tertiary/aromatic N) is 1. The van der Waals surface area contributed by atoms with Crippen LogP contribution in [0.15, 0.2) is 24.3 Å². The summed E-state index contributed by atoms with van der Waals surface area (Å²) >= 11 is 0. The number of aliphatic hydroxyl groups excluding tert-OH is 1. The van der Waals surface area contributed by atoms with Crippen molar-refractivity contribution >= 4 is 5.91 Å². The number of benzene rings is 1. The van der Waals surface area contributed by atoms with E-state index in [1.165, 1.54) is 0 Å². The van der Waals surface area contributed by atoms with Gasteiger partial charge in [0.25, 0.3) is 0 Å². The third-order valence-corrected chi connectivity index (χ3v) is 3.20. The summed E-state index contributed by atoms with van der Waals surface area (Å²) in [6.45, 7) is -2.09. The number of aliphatic hydroxyl groups is 1. The molecule has 0 saturated heterocycles. The third kappa shape index (κ3) is 3.07. The van der Waals surface area contributed by atoms with Crippen LogP contribution in [-0.4, -0.2) is 41.8 Å². The van der Waals surface area contributed by atoms with Gasteiger partial charge in [-0.15, -0.1) is 0 Å². The summed E-state index contributed by atoms with van der Waals surface area (Å²) in [4.78, 5) is 12.8. The summed E-state index contributed by atoms with van der Waals surface area (Å²) in [5, 5.41) is 8.79. The molecule has 0 heterocycles. The van der Waals surface area contributed by atoms with E-state index in [-0.39, 0.29) is 6.54 Å². The highest BCUT2D eigenvalue weighted by Gasteiger charge is 2.39. The Hall–Kier alpha value is -1.56. The second-order valence-electron chi connectivity index (χ2n) is 4.55. The molecule has 1 amide bonds. The van der Waals surface area contributed by atoms with E-state index in [0.717, 1.165) is 11.1 Å². The van der Waals surface area contributed by atoms with Gasteiger partial charge in [-0.05, 0) is 17.5 Å². The van der Waals surface area contributed by atoms with E-state index >= 15 is 0 Å². The molecule has 0 fully saturated rings. The molecule has 0 spiro atoms. The number of alkyl halides is 3. The Kier molecular flexibility index (Phi) is 3.80. The Morgan fingerprint density at radius 1 is 1.37 bits per heavy atom. The van der Waals surface area contributed by atoms with Crippen molar-refractivity contribution in [3.8, 4) is 0 Å². The van der Waals surface area contributed by atoms with Crippen LogP contribution in [-0.2, 0) is 11.2 Å². The molecule has 0 bridgehead atoms. The van der Waals surface area contributed by atoms with Gasteiger partial charge in [0.05, 0.1) is 12.5 Å². The Balaban J connectivity index is 2.09. The first kappa shape index (κ1) is 13.9. The van der Waals surface area contributed by atoms with Crippen molar-refractivity contribution < 1.29 is 23.1 Å². The first-order valence-electron chi connectivity index (χ1n) is 5.96. The molecule has 0 aromatic heterocycles. The smallest absolute Gasteiger partial charge is 0.395 e. The number of halogens is 3. The summed E-state index contributed by atoms with van der Waals surface area (Å²) < 4.78 is 37.2. The SMILES string of the molecule is O=C(C1Cc2ccccc21)N(CCO)CC(F)(F)F. The Morgan fingerprint density at radius 3 is 2.63 bits per heavy atom. The van der Waals surface area contributed by atoms with Crippen LogP contribution < -0.4 is 0 Å². The van der Waals surface area contributed by atoms with Gasteiger partial charge in [-0.2, -0.15) is 13.2 Å². The molecule has 0 aliphatic heterocycles. The number of carbonyl (C=O) groups excluding carboxylic acids is 1. The Labute approximate surface area is 108 Å². The summed E-state index contributed by atoms with van der Waals surface area (Å²) in [6, 6.07) is 7.21. The van der Waals surface area contributed by atoms with E-state index in [0.29, 0.717) is 11.3 Å². The molecule has 1 aliphatic rings. The molecular weight excluding hydrogens is 259 g/mol. The first-order valence-corrected chi connectivity index (χ1v) is 5.96. The highest BCUT2D eigenvalue weighted by Crippen LogP contribution is 2.36. The van der Waals surface area contributed by atoms with Crippen LogP contribution in [0.4, 0.5) is 13.2 Å². The Bertz CT molecular complexity index is 473. The zero-order chi connectivity index (χ0) is 14.0. The minimum Gasteiger partial charge on any atom is -0.395 e. The maximum absolute atomic E-state index is 12.4. The van der Waals surface area contributed by atoms with E-state index in [2.05, 4.69) is 0 Å². The molecule has 0 radical (unpaired) electrons. The fraction of sp³-hybridized carbons (Fsp3) is 0.462. The second kappa shape index (κ2) is 5.21. The number of rotatable bonds is 4. The lowest BCUT2D eigenvalue weighted by molar-refractivity contribution is -0.163. The molecule has 1 N–H and O–H groups in total. The molecule has 1 aromatic carbocycles. The molecule has 104 valence electrons. The van der Waals surface area contributed by atoms with Crippen molar-refractivity contribution in [2.45, 2.75) is 18.5 Å². The summed E-state index contributed by atoms with van der Waals surface area (Å²) in [5.74, 6) is -1.07. The number of hydrogen-bond acceptors (Lipinski definition) is 2. The fourth-order valence-corrected chi connectivity index (χ4v) is 2.30. The topological polar surface area (TPSA) is 40.5 Å². The van der Waals surface area contributed by atoms with Gasteiger partial charge < -0.3 is 10.0 Å². The minimum absolute atomic E-state index is 0.295. The predicted molar refractivity (Wildman–Crippen MR) is 62.6 cm³/mol. The van der Waals surface area contributed by atoms with Crippen LogP contribution in [0.5, 0.6) is 0 Å². The zero-order valence-electron chi connectivity index (χ0n) is 10.2. The molecule has 1 aliphatic carbocycles. The van der Waals surface area contributed by atoms with Crippen LogP contribution in [0.25, 0.3) is 0 Å². The molecule has 2 rings (SSSR count). The zero-order valence-corrected chi connectivity index (χ0v) is 10.2. The highest BCUT2D eigenvalue weighted by molar-refractivity contribution is 5.87. The summed E-state index contributed by atoms with van der Waals surface area (Å²) in [5.41, 5.74) is 1.79. The van der Waals surface area contributed by atoms with Gasteiger partial charge in [-0.3, -0.25) is 4.79 Å². The lowest BCUT2D eigenvalue weighted by Crippen LogP contribution is -2.45. The van der Waals surface area contributed by atoms with Gasteiger partial charge in [-0.1, -0.05) is 24.3 Å². The quantitative estimate of drug-likeness (QED) is 0.907. The minimum atomic E-state index is -4.45. The lowest BCUT2D eigenvalue weighted by Gasteiger charge is -2.34. The van der Waals surface area contributed by atoms with Gasteiger partial charge >= 0.3 is 6.18 Å². The number of carbonyl (C=O) groups is 1. The molecule has 6 heteroatoms. The van der Waals surface area contributed by atoms with E-state index < -0.39 is 31.2 Å². The summed E-state index contributed by atoms with van der Waals surface area (Å²) in [6.07, 6.45) is -3.98. The van der Waals surface area contributed by atoms with Crippen LogP contribution in [0.3, 0.4) is 0 Å². The van der Waals surface area contributed by atoms with Gasteiger partial charge in [0.15, 0.2) is 0 Å². The number of fused-ring (bicyclic) bond motifs is 1. The van der Waals surface area contributed by atoms with Crippen molar-refractivity contribution in [2.75, 3.05) is 19.7 Å². The van der Waals surface area contributed by atoms with E-state index in [9.17, 15) is 18.0 Å². The van der Waals surface area contributed by atoms with E-state index in [1.807, 2.05) is 12.1 Å². The van der Waals surface area contributed by atoms with Crippen LogP contribution in [0.2, 0.25) is 0 Å². The molecule has 19 heavy (non-hydrogen) atoms. The van der Waals surface area contributed by atoms with E-state index in [1.54, 1.807) is 12.1 Å². The molecule has 1 atom stereocenters. The standard InChI is InChI=1S/C13H14F3NO2/c14-13(15,16)8-17(5-6-18)12(19)11-7-9-3-1-2-4-10(9)11/h1-4,11,18H,5-8H2. The molecule has 1 unspecified atom stereocenters. The van der Waals surface area contributed by atoms with E-state index in [4.69, 9.17) is 5.11 Å². The van der Waals surface area contributed by atoms with Gasteiger partial charge in [0.1, 0.15) is 6.54 Å². The fourth-order valence-electron chi connectivity index (χ4n) is 2.30. The van der Waals surface area contributed by atoms with Gasteiger partial charge in [0.2, 0.25) is 5.91 Å². The summed E-state index contributed by atoms with van der Waals surface area (Å²) in [7, 11) is 0. The first-order chi connectivity index (χ1) is 8.92. The highest BCUT2D eigenvalue weighted by atomic mass is 19.4. The second-order valence-corrected chi connectivity index (χ2v) is 4.55. The molecule has 1 aromatic rings. The molecule has 0 saturated carbocycles. The van der Waals surface area contributed by atoms with Crippen LogP contribution in [0, 0.1) is 0 Å². The van der Waals surface area contributed by atoms with Gasteiger partial charge in [-0.25, -0.2) is 0 Å². The number of amides is 1. The normalized spacial score (nSPS) is 17.6. The maximum atomic E-state index is 12.4. The van der Waals surface area contributed by atoms with Crippen molar-refractivity contribution in [1.29, 1.82) is 0 Å². The average molecular weight is 273 g/mol. The van der Waals surface area contributed by atoms with Gasteiger partial charge in [0, 0.05) is 6.54 Å². The predicted octanol–water partition coefficient (Wildman–Crippen LogP) is 1.71. The molecular formula is C13H14F3NO2. The third-order valence-electron chi connectivity index (χ3n) is 3.20. The molecule has 3 nitrogen and oxygen atoms in total. The maximum Gasteiger partial charge on any atom is 0.406 e. The lowest BCUT2D eigenvalue weighted by atomic mass is 9.77. The van der Waals surface area contributed by atoms with Crippen molar-refractivity contribution in [3.63, 3.8) is 0 Å². The Morgan fingerprint density at radius 2 is 2.05 bits per heavy atom. The average Bonchev–Trinajstić information content (AvgIpc) is 2.28. The van der Waals surface area contributed by atoms with Crippen molar-refractivity contribution in [1.82, 2.24) is 4.90 Å². The van der Waals surface area contributed by atoms with Crippen LogP contribution in [0.1, 0.15) is 17.0 Å².